The van der Waals surface area contributed by atoms with Crippen LogP contribution in [0.4, 0.5) is 0 Å². The molecular formula is C16H22O3. The lowest BCUT2D eigenvalue weighted by Crippen LogP contribution is -2.05. The van der Waals surface area contributed by atoms with Crippen LogP contribution in [-0.4, -0.2) is 18.7 Å². The van der Waals surface area contributed by atoms with Crippen LogP contribution < -0.4 is 4.74 Å². The molecular weight excluding hydrogens is 240 g/mol. The molecule has 0 heterocycles. The van der Waals surface area contributed by atoms with Gasteiger partial charge in [-0.05, 0) is 44.0 Å². The van der Waals surface area contributed by atoms with Crippen LogP contribution in [0.5, 0.6) is 5.75 Å². The fraction of sp³-hybridized carbons (Fsp3) is 0.438. The average molecular weight is 262 g/mol. The Balaban J connectivity index is 2.53. The molecule has 0 aromatic heterocycles. The van der Waals surface area contributed by atoms with Crippen LogP contribution in [0, 0.1) is 0 Å². The molecule has 1 aromatic carbocycles. The summed E-state index contributed by atoms with van der Waals surface area (Å²) in [6, 6.07) is 7.62. The quantitative estimate of drug-likeness (QED) is 0.425. The SMILES string of the molecule is CCCCOC(=O)C=Cc1cccc(OC(C)C)c1. The molecule has 1 rings (SSSR count). The van der Waals surface area contributed by atoms with Crippen molar-refractivity contribution < 1.29 is 14.3 Å². The number of unbranched alkanes of at least 4 members (excludes halogenated alkanes) is 1. The number of esters is 1. The topological polar surface area (TPSA) is 35.5 Å². The zero-order valence-electron chi connectivity index (χ0n) is 11.9. The van der Waals surface area contributed by atoms with Crippen LogP contribution in [-0.2, 0) is 9.53 Å². The molecule has 0 unspecified atom stereocenters. The summed E-state index contributed by atoms with van der Waals surface area (Å²) in [5, 5.41) is 0. The highest BCUT2D eigenvalue weighted by Crippen LogP contribution is 2.15. The van der Waals surface area contributed by atoms with E-state index in [1.807, 2.05) is 38.1 Å². The Morgan fingerprint density at radius 2 is 2.16 bits per heavy atom. The summed E-state index contributed by atoms with van der Waals surface area (Å²) < 4.78 is 10.6. The Hall–Kier alpha value is -1.77. The summed E-state index contributed by atoms with van der Waals surface area (Å²) in [4.78, 5) is 11.4. The second-order valence-corrected chi connectivity index (χ2v) is 4.59. The van der Waals surface area contributed by atoms with Gasteiger partial charge in [0.25, 0.3) is 0 Å². The Morgan fingerprint density at radius 1 is 1.37 bits per heavy atom. The number of ether oxygens (including phenoxy) is 2. The van der Waals surface area contributed by atoms with Gasteiger partial charge < -0.3 is 9.47 Å². The molecule has 3 heteroatoms. The molecule has 0 spiro atoms. The van der Waals surface area contributed by atoms with Gasteiger partial charge in [-0.15, -0.1) is 0 Å². The van der Waals surface area contributed by atoms with E-state index in [-0.39, 0.29) is 12.1 Å². The monoisotopic (exact) mass is 262 g/mol. The van der Waals surface area contributed by atoms with E-state index in [1.165, 1.54) is 6.08 Å². The minimum atomic E-state index is -0.302. The van der Waals surface area contributed by atoms with Crippen molar-refractivity contribution >= 4 is 12.0 Å². The fourth-order valence-electron chi connectivity index (χ4n) is 1.49. The normalized spacial score (nSPS) is 10.9. The van der Waals surface area contributed by atoms with Crippen LogP contribution >= 0.6 is 0 Å². The molecule has 0 bridgehead atoms. The number of benzene rings is 1. The number of hydrogen-bond donors (Lipinski definition) is 0. The first-order valence-electron chi connectivity index (χ1n) is 6.73. The first-order valence-corrected chi connectivity index (χ1v) is 6.73. The summed E-state index contributed by atoms with van der Waals surface area (Å²) in [6.07, 6.45) is 5.24. The van der Waals surface area contributed by atoms with Crippen molar-refractivity contribution in [1.82, 2.24) is 0 Å². The van der Waals surface area contributed by atoms with Crippen LogP contribution in [0.3, 0.4) is 0 Å². The molecule has 3 nitrogen and oxygen atoms in total. The Labute approximate surface area is 115 Å². The van der Waals surface area contributed by atoms with Crippen molar-refractivity contribution in [3.05, 3.63) is 35.9 Å². The molecule has 1 aromatic rings. The molecule has 0 aliphatic rings. The zero-order chi connectivity index (χ0) is 14.1. The maximum atomic E-state index is 11.4. The smallest absolute Gasteiger partial charge is 0.330 e. The summed E-state index contributed by atoms with van der Waals surface area (Å²) >= 11 is 0. The summed E-state index contributed by atoms with van der Waals surface area (Å²) in [5.41, 5.74) is 0.922. The van der Waals surface area contributed by atoms with E-state index in [1.54, 1.807) is 6.08 Å². The summed E-state index contributed by atoms with van der Waals surface area (Å²) in [7, 11) is 0. The Morgan fingerprint density at radius 3 is 2.84 bits per heavy atom. The highest BCUT2D eigenvalue weighted by molar-refractivity contribution is 5.87. The third-order valence-corrected chi connectivity index (χ3v) is 2.38. The number of carbonyl (C=O) groups is 1. The van der Waals surface area contributed by atoms with Gasteiger partial charge in [0.15, 0.2) is 0 Å². The molecule has 0 aliphatic heterocycles. The van der Waals surface area contributed by atoms with Crippen molar-refractivity contribution in [2.45, 2.75) is 39.7 Å². The molecule has 0 fully saturated rings. The third kappa shape index (κ3) is 6.65. The van der Waals surface area contributed by atoms with E-state index >= 15 is 0 Å². The van der Waals surface area contributed by atoms with Crippen molar-refractivity contribution in [1.29, 1.82) is 0 Å². The van der Waals surface area contributed by atoms with Crippen molar-refractivity contribution in [3.8, 4) is 5.75 Å². The number of rotatable bonds is 7. The van der Waals surface area contributed by atoms with E-state index in [0.29, 0.717) is 6.61 Å². The second-order valence-electron chi connectivity index (χ2n) is 4.59. The lowest BCUT2D eigenvalue weighted by Gasteiger charge is -2.09. The van der Waals surface area contributed by atoms with Crippen molar-refractivity contribution in [3.63, 3.8) is 0 Å². The Kier molecular flexibility index (Phi) is 6.72. The number of carbonyl (C=O) groups excluding carboxylic acids is 1. The van der Waals surface area contributed by atoms with Gasteiger partial charge >= 0.3 is 5.97 Å². The molecule has 0 amide bonds. The molecule has 0 N–H and O–H groups in total. The van der Waals surface area contributed by atoms with Crippen LogP contribution in [0.1, 0.15) is 39.2 Å². The molecule has 0 saturated heterocycles. The standard InChI is InChI=1S/C16H22O3/c1-4-5-11-18-16(17)10-9-14-7-6-8-15(12-14)19-13(2)3/h6-10,12-13H,4-5,11H2,1-3H3. The lowest BCUT2D eigenvalue weighted by atomic mass is 10.2. The first-order chi connectivity index (χ1) is 9.11. The van der Waals surface area contributed by atoms with Gasteiger partial charge in [-0.3, -0.25) is 0 Å². The maximum absolute atomic E-state index is 11.4. The van der Waals surface area contributed by atoms with E-state index in [4.69, 9.17) is 9.47 Å². The minimum absolute atomic E-state index is 0.137. The van der Waals surface area contributed by atoms with Gasteiger partial charge in [0.05, 0.1) is 12.7 Å². The molecule has 0 saturated carbocycles. The second kappa shape index (κ2) is 8.35. The molecule has 0 aliphatic carbocycles. The molecule has 104 valence electrons. The highest BCUT2D eigenvalue weighted by atomic mass is 16.5. The lowest BCUT2D eigenvalue weighted by molar-refractivity contribution is -0.137. The van der Waals surface area contributed by atoms with Crippen molar-refractivity contribution in [2.24, 2.45) is 0 Å². The maximum Gasteiger partial charge on any atom is 0.330 e. The third-order valence-electron chi connectivity index (χ3n) is 2.38. The fourth-order valence-corrected chi connectivity index (χ4v) is 1.49. The van der Waals surface area contributed by atoms with E-state index in [9.17, 15) is 4.79 Å². The Bertz CT molecular complexity index is 422. The molecule has 19 heavy (non-hydrogen) atoms. The van der Waals surface area contributed by atoms with Gasteiger partial charge in [-0.2, -0.15) is 0 Å². The van der Waals surface area contributed by atoms with Crippen LogP contribution in [0.2, 0.25) is 0 Å². The van der Waals surface area contributed by atoms with E-state index < -0.39 is 0 Å². The van der Waals surface area contributed by atoms with Crippen molar-refractivity contribution in [2.75, 3.05) is 6.61 Å². The van der Waals surface area contributed by atoms with Crippen LogP contribution in [0.25, 0.3) is 6.08 Å². The van der Waals surface area contributed by atoms with Crippen LogP contribution in [0.15, 0.2) is 30.3 Å². The van der Waals surface area contributed by atoms with E-state index in [2.05, 4.69) is 6.92 Å². The first kappa shape index (κ1) is 15.3. The molecule has 0 radical (unpaired) electrons. The van der Waals surface area contributed by atoms with Gasteiger partial charge in [0.1, 0.15) is 5.75 Å². The van der Waals surface area contributed by atoms with E-state index in [0.717, 1.165) is 24.2 Å². The van der Waals surface area contributed by atoms with Gasteiger partial charge in [-0.1, -0.05) is 25.5 Å². The summed E-state index contributed by atoms with van der Waals surface area (Å²) in [6.45, 7) is 6.50. The average Bonchev–Trinajstić information content (AvgIpc) is 2.36. The van der Waals surface area contributed by atoms with Gasteiger partial charge in [0, 0.05) is 6.08 Å². The molecule has 0 atom stereocenters. The van der Waals surface area contributed by atoms with Gasteiger partial charge in [0.2, 0.25) is 0 Å². The predicted molar refractivity (Wildman–Crippen MR) is 77.1 cm³/mol. The number of hydrogen-bond acceptors (Lipinski definition) is 3. The van der Waals surface area contributed by atoms with Gasteiger partial charge in [-0.25, -0.2) is 4.79 Å². The zero-order valence-corrected chi connectivity index (χ0v) is 11.9. The summed E-state index contributed by atoms with van der Waals surface area (Å²) in [5.74, 6) is 0.500. The highest BCUT2D eigenvalue weighted by Gasteiger charge is 1.99. The predicted octanol–water partition coefficient (Wildman–Crippen LogP) is 3.83. The largest absolute Gasteiger partial charge is 0.491 e. The minimum Gasteiger partial charge on any atom is -0.491 e.